The van der Waals surface area contributed by atoms with Crippen LogP contribution in [-0.2, 0) is 4.79 Å². The van der Waals surface area contributed by atoms with Gasteiger partial charge in [0.25, 0.3) is 5.12 Å². The second-order valence-electron chi connectivity index (χ2n) is 5.93. The number of fused-ring (bicyclic) bond motifs is 3. The molecule has 2 unspecified atom stereocenters. The molecule has 126 valence electrons. The van der Waals surface area contributed by atoms with E-state index in [0.29, 0.717) is 5.70 Å². The van der Waals surface area contributed by atoms with Crippen LogP contribution in [0.25, 0.3) is 11.8 Å². The van der Waals surface area contributed by atoms with Gasteiger partial charge in [-0.3, -0.25) is 4.79 Å². The molecule has 0 saturated heterocycles. The number of rotatable bonds is 2. The van der Waals surface area contributed by atoms with E-state index in [1.165, 1.54) is 0 Å². The van der Waals surface area contributed by atoms with E-state index >= 15 is 0 Å². The Bertz CT molecular complexity index is 886. The number of aliphatic hydroxyl groups excluding tert-OH is 1. The molecule has 4 nitrogen and oxygen atoms in total. The Kier molecular flexibility index (Phi) is 4.01. The second kappa shape index (κ2) is 6.33. The Labute approximate surface area is 150 Å². The SMILES string of the molecule is COc1ccc(C2=C(O)C(=O)SC3C=Cc4ccccc4C3N2)cc1. The van der Waals surface area contributed by atoms with Crippen LogP contribution in [0.2, 0.25) is 0 Å². The van der Waals surface area contributed by atoms with Gasteiger partial charge in [0.1, 0.15) is 5.75 Å². The van der Waals surface area contributed by atoms with Crippen molar-refractivity contribution in [2.45, 2.75) is 11.3 Å². The van der Waals surface area contributed by atoms with Crippen LogP contribution < -0.4 is 10.1 Å². The van der Waals surface area contributed by atoms with Gasteiger partial charge < -0.3 is 15.2 Å². The summed E-state index contributed by atoms with van der Waals surface area (Å²) < 4.78 is 5.18. The minimum Gasteiger partial charge on any atom is -0.502 e. The highest BCUT2D eigenvalue weighted by molar-refractivity contribution is 8.14. The normalized spacial score (nSPS) is 21.9. The molecule has 0 bridgehead atoms. The topological polar surface area (TPSA) is 58.6 Å². The zero-order valence-corrected chi connectivity index (χ0v) is 14.4. The number of aliphatic hydroxyl groups is 1. The summed E-state index contributed by atoms with van der Waals surface area (Å²) in [5.41, 5.74) is 3.45. The van der Waals surface area contributed by atoms with E-state index in [9.17, 15) is 9.90 Å². The van der Waals surface area contributed by atoms with Crippen molar-refractivity contribution in [3.05, 3.63) is 77.1 Å². The summed E-state index contributed by atoms with van der Waals surface area (Å²) in [5, 5.41) is 13.5. The molecule has 0 aromatic heterocycles. The van der Waals surface area contributed by atoms with E-state index in [1.54, 1.807) is 7.11 Å². The maximum Gasteiger partial charge on any atom is 0.256 e. The Balaban J connectivity index is 1.78. The van der Waals surface area contributed by atoms with Crippen LogP contribution in [0, 0.1) is 0 Å². The van der Waals surface area contributed by atoms with E-state index in [1.807, 2.05) is 48.6 Å². The van der Waals surface area contributed by atoms with Crippen LogP contribution in [0.3, 0.4) is 0 Å². The molecule has 0 fully saturated rings. The first-order valence-electron chi connectivity index (χ1n) is 7.99. The maximum absolute atomic E-state index is 12.4. The standard InChI is InChI=1S/C20H17NO3S/c1-24-14-9-6-13(7-10-14)17-19(22)20(23)25-16-11-8-12-4-2-3-5-15(12)18(16)21-17/h2-11,16,18,21-22H,1H3. The number of hydrogen-bond acceptors (Lipinski definition) is 5. The third-order valence-corrected chi connectivity index (χ3v) is 5.59. The molecule has 1 aliphatic heterocycles. The third-order valence-electron chi connectivity index (χ3n) is 4.48. The van der Waals surface area contributed by atoms with Gasteiger partial charge in [-0.2, -0.15) is 0 Å². The van der Waals surface area contributed by atoms with Gasteiger partial charge >= 0.3 is 0 Å². The number of hydrogen-bond donors (Lipinski definition) is 2. The zero-order valence-electron chi connectivity index (χ0n) is 13.6. The van der Waals surface area contributed by atoms with E-state index in [4.69, 9.17) is 4.74 Å². The van der Waals surface area contributed by atoms with E-state index < -0.39 is 0 Å². The average Bonchev–Trinajstić information content (AvgIpc) is 2.79. The molecule has 0 radical (unpaired) electrons. The van der Waals surface area contributed by atoms with Crippen LogP contribution in [0.5, 0.6) is 5.75 Å². The number of carbonyl (C=O) groups excluding carboxylic acids is 1. The fourth-order valence-corrected chi connectivity index (χ4v) is 4.15. The van der Waals surface area contributed by atoms with E-state index in [-0.39, 0.29) is 22.2 Å². The second-order valence-corrected chi connectivity index (χ2v) is 7.08. The number of carbonyl (C=O) groups is 1. The minimum atomic E-state index is -0.324. The Hall–Kier alpha value is -2.66. The highest BCUT2D eigenvalue weighted by Gasteiger charge is 2.34. The van der Waals surface area contributed by atoms with Crippen LogP contribution in [0.4, 0.5) is 0 Å². The summed E-state index contributed by atoms with van der Waals surface area (Å²) in [6.07, 6.45) is 4.06. The van der Waals surface area contributed by atoms with Crippen molar-refractivity contribution >= 4 is 28.7 Å². The van der Waals surface area contributed by atoms with Crippen molar-refractivity contribution < 1.29 is 14.6 Å². The number of benzene rings is 2. The quantitative estimate of drug-likeness (QED) is 0.859. The third kappa shape index (κ3) is 2.81. The molecular weight excluding hydrogens is 334 g/mol. The average molecular weight is 351 g/mol. The van der Waals surface area contributed by atoms with Gasteiger partial charge in [0.2, 0.25) is 0 Å². The lowest BCUT2D eigenvalue weighted by atomic mass is 9.92. The first-order chi connectivity index (χ1) is 12.2. The lowest BCUT2D eigenvalue weighted by Gasteiger charge is -2.29. The fraction of sp³-hybridized carbons (Fsp3) is 0.150. The van der Waals surface area contributed by atoms with Crippen molar-refractivity contribution in [1.29, 1.82) is 0 Å². The van der Waals surface area contributed by atoms with Gasteiger partial charge in [0.15, 0.2) is 5.76 Å². The van der Waals surface area contributed by atoms with E-state index in [0.717, 1.165) is 34.2 Å². The number of ether oxygens (including phenoxy) is 1. The molecular formula is C20H17NO3S. The maximum atomic E-state index is 12.4. The van der Waals surface area contributed by atoms with Crippen LogP contribution in [-0.4, -0.2) is 22.6 Å². The molecule has 0 spiro atoms. The van der Waals surface area contributed by atoms with Crippen molar-refractivity contribution in [2.75, 3.05) is 7.11 Å². The first kappa shape index (κ1) is 15.8. The zero-order chi connectivity index (χ0) is 17.4. The van der Waals surface area contributed by atoms with Crippen molar-refractivity contribution in [3.63, 3.8) is 0 Å². The highest BCUT2D eigenvalue weighted by Crippen LogP contribution is 2.40. The molecule has 2 N–H and O–H groups in total. The van der Waals surface area contributed by atoms with Crippen molar-refractivity contribution in [3.8, 4) is 5.75 Å². The van der Waals surface area contributed by atoms with Crippen molar-refractivity contribution in [1.82, 2.24) is 5.32 Å². The monoisotopic (exact) mass is 351 g/mol. The molecule has 2 atom stereocenters. The molecule has 0 amide bonds. The van der Waals surface area contributed by atoms with Crippen LogP contribution >= 0.6 is 11.8 Å². The predicted molar refractivity (Wildman–Crippen MR) is 100 cm³/mol. The Morgan fingerprint density at radius 2 is 1.88 bits per heavy atom. The molecule has 2 aliphatic rings. The highest BCUT2D eigenvalue weighted by atomic mass is 32.2. The summed E-state index contributed by atoms with van der Waals surface area (Å²) in [4.78, 5) is 12.4. The summed E-state index contributed by atoms with van der Waals surface area (Å²) in [7, 11) is 1.60. The van der Waals surface area contributed by atoms with Gasteiger partial charge in [0, 0.05) is 5.56 Å². The summed E-state index contributed by atoms with van der Waals surface area (Å²) in [6, 6.07) is 15.3. The van der Waals surface area contributed by atoms with Crippen LogP contribution in [0.15, 0.2) is 60.4 Å². The molecule has 5 heteroatoms. The van der Waals surface area contributed by atoms with Gasteiger partial charge in [-0.1, -0.05) is 48.2 Å². The van der Waals surface area contributed by atoms with Gasteiger partial charge in [-0.15, -0.1) is 0 Å². The Morgan fingerprint density at radius 3 is 2.64 bits per heavy atom. The number of methoxy groups -OCH3 is 1. The summed E-state index contributed by atoms with van der Waals surface area (Å²) in [6.45, 7) is 0. The predicted octanol–water partition coefficient (Wildman–Crippen LogP) is 3.92. The van der Waals surface area contributed by atoms with Crippen molar-refractivity contribution in [2.24, 2.45) is 0 Å². The molecule has 1 aliphatic carbocycles. The summed E-state index contributed by atoms with van der Waals surface area (Å²) >= 11 is 1.15. The summed E-state index contributed by atoms with van der Waals surface area (Å²) in [5.74, 6) is 0.484. The molecule has 0 saturated carbocycles. The lowest BCUT2D eigenvalue weighted by Crippen LogP contribution is -2.29. The number of thioether (sulfide) groups is 1. The molecule has 2 aromatic carbocycles. The van der Waals surface area contributed by atoms with Crippen LogP contribution in [0.1, 0.15) is 22.7 Å². The van der Waals surface area contributed by atoms with Gasteiger partial charge in [-0.25, -0.2) is 0 Å². The molecule has 25 heavy (non-hydrogen) atoms. The smallest absolute Gasteiger partial charge is 0.256 e. The molecule has 4 rings (SSSR count). The van der Waals surface area contributed by atoms with Gasteiger partial charge in [-0.05, 0) is 35.4 Å². The number of nitrogens with one attached hydrogen (secondary N) is 1. The van der Waals surface area contributed by atoms with E-state index in [2.05, 4.69) is 17.4 Å². The Morgan fingerprint density at radius 1 is 1.12 bits per heavy atom. The first-order valence-corrected chi connectivity index (χ1v) is 8.87. The van der Waals surface area contributed by atoms with Gasteiger partial charge in [0.05, 0.1) is 24.1 Å². The molecule has 1 heterocycles. The minimum absolute atomic E-state index is 0.0692. The molecule has 2 aromatic rings. The fourth-order valence-electron chi connectivity index (χ4n) is 3.18. The lowest BCUT2D eigenvalue weighted by molar-refractivity contribution is -0.109. The largest absolute Gasteiger partial charge is 0.502 e.